The van der Waals surface area contributed by atoms with Crippen LogP contribution in [0, 0.1) is 12.7 Å². The molecule has 1 unspecified atom stereocenters. The van der Waals surface area contributed by atoms with Crippen LogP contribution in [0.4, 0.5) is 4.39 Å². The minimum atomic E-state index is -0.959. The fraction of sp³-hybridized carbons (Fsp3) is 0.360. The second-order valence-corrected chi connectivity index (χ2v) is 7.76. The van der Waals surface area contributed by atoms with E-state index in [9.17, 15) is 19.1 Å². The number of hydrogen-bond donors (Lipinski definition) is 1. The fourth-order valence-electron chi connectivity index (χ4n) is 4.00. The van der Waals surface area contributed by atoms with Gasteiger partial charge in [-0.3, -0.25) is 9.59 Å². The van der Waals surface area contributed by atoms with E-state index in [4.69, 9.17) is 0 Å². The van der Waals surface area contributed by atoms with Gasteiger partial charge in [0.05, 0.1) is 11.6 Å². The minimum absolute atomic E-state index is 0.0678. The smallest absolute Gasteiger partial charge is 0.295 e. The second kappa shape index (κ2) is 9.88. The number of carbonyl (C=O) groups is 2. The fourth-order valence-corrected chi connectivity index (χ4v) is 4.00. The van der Waals surface area contributed by atoms with Crippen molar-refractivity contribution in [2.45, 2.75) is 33.2 Å². The zero-order chi connectivity index (χ0) is 22.5. The first-order chi connectivity index (χ1) is 14.9. The number of nitrogens with zero attached hydrogens (tertiary/aromatic N) is 2. The van der Waals surface area contributed by atoms with Crippen LogP contribution in [0.5, 0.6) is 0 Å². The highest BCUT2D eigenvalue weighted by molar-refractivity contribution is 6.46. The number of aryl methyl sites for hydroxylation is 1. The molecule has 1 heterocycles. The summed E-state index contributed by atoms with van der Waals surface area (Å²) in [5.74, 6) is -2.29. The zero-order valence-electron chi connectivity index (χ0n) is 18.3. The number of likely N-dealkylation sites (tertiary alicyclic amines) is 1. The van der Waals surface area contributed by atoms with Crippen LogP contribution in [0.3, 0.4) is 0 Å². The first-order valence-corrected chi connectivity index (χ1v) is 10.7. The van der Waals surface area contributed by atoms with Crippen LogP contribution in [0.2, 0.25) is 0 Å². The van der Waals surface area contributed by atoms with E-state index in [2.05, 4.69) is 18.7 Å². The molecule has 5 nitrogen and oxygen atoms in total. The quantitative estimate of drug-likeness (QED) is 0.390. The highest BCUT2D eigenvalue weighted by atomic mass is 19.1. The Kier molecular flexibility index (Phi) is 7.23. The first-order valence-electron chi connectivity index (χ1n) is 10.7. The Labute approximate surface area is 182 Å². The standard InChI is InChI=1S/C25H29FN2O3/c1-4-27(5-2)15-8-16-28-22(19-9-6-7-10-20(19)26)21(24(30)25(28)31)23(29)18-13-11-17(3)12-14-18/h6-7,9-14,22,29H,4-5,8,15-16H2,1-3H3/b23-21+. The lowest BCUT2D eigenvalue weighted by Gasteiger charge is -2.27. The maximum atomic E-state index is 14.8. The molecule has 0 saturated carbocycles. The Bertz CT molecular complexity index is 981. The number of hydrogen-bond acceptors (Lipinski definition) is 4. The van der Waals surface area contributed by atoms with Gasteiger partial charge >= 0.3 is 0 Å². The molecule has 0 bridgehead atoms. The molecule has 31 heavy (non-hydrogen) atoms. The third kappa shape index (κ3) is 4.69. The predicted molar refractivity (Wildman–Crippen MR) is 119 cm³/mol. The number of carbonyl (C=O) groups excluding carboxylic acids is 2. The number of amides is 1. The first kappa shape index (κ1) is 22.7. The van der Waals surface area contributed by atoms with Crippen molar-refractivity contribution in [2.24, 2.45) is 0 Å². The SMILES string of the molecule is CCN(CC)CCCN1C(=O)C(=O)/C(=C(/O)c2ccc(C)cc2)C1c1ccccc1F. The summed E-state index contributed by atoms with van der Waals surface area (Å²) in [5.41, 5.74) is 1.56. The lowest BCUT2D eigenvalue weighted by Crippen LogP contribution is -2.33. The average molecular weight is 425 g/mol. The molecule has 1 aliphatic rings. The molecule has 1 amide bonds. The van der Waals surface area contributed by atoms with Crippen molar-refractivity contribution < 1.29 is 19.1 Å². The molecule has 0 radical (unpaired) electrons. The van der Waals surface area contributed by atoms with Gasteiger partial charge in [0, 0.05) is 17.7 Å². The van der Waals surface area contributed by atoms with Crippen LogP contribution in [0.15, 0.2) is 54.1 Å². The number of rotatable bonds is 8. The van der Waals surface area contributed by atoms with E-state index in [1.54, 1.807) is 30.3 Å². The molecular formula is C25H29FN2O3. The van der Waals surface area contributed by atoms with E-state index in [1.165, 1.54) is 11.0 Å². The van der Waals surface area contributed by atoms with Gasteiger partial charge in [-0.2, -0.15) is 0 Å². The van der Waals surface area contributed by atoms with E-state index in [-0.39, 0.29) is 16.9 Å². The van der Waals surface area contributed by atoms with Crippen LogP contribution in [-0.4, -0.2) is 52.8 Å². The summed E-state index contributed by atoms with van der Waals surface area (Å²) in [6, 6.07) is 12.1. The summed E-state index contributed by atoms with van der Waals surface area (Å²) in [6.07, 6.45) is 0.643. The van der Waals surface area contributed by atoms with E-state index in [0.717, 1.165) is 25.2 Å². The Balaban J connectivity index is 2.04. The maximum Gasteiger partial charge on any atom is 0.295 e. The Morgan fingerprint density at radius 3 is 2.32 bits per heavy atom. The lowest BCUT2D eigenvalue weighted by atomic mass is 9.94. The van der Waals surface area contributed by atoms with Crippen molar-refractivity contribution in [2.75, 3.05) is 26.2 Å². The molecule has 0 aliphatic carbocycles. The van der Waals surface area contributed by atoms with Gasteiger partial charge in [0.15, 0.2) is 0 Å². The molecule has 2 aromatic carbocycles. The second-order valence-electron chi connectivity index (χ2n) is 7.76. The van der Waals surface area contributed by atoms with Gasteiger partial charge in [-0.05, 0) is 39.0 Å². The van der Waals surface area contributed by atoms with Crippen molar-refractivity contribution in [3.05, 3.63) is 76.6 Å². The Morgan fingerprint density at radius 2 is 1.71 bits per heavy atom. The maximum absolute atomic E-state index is 14.8. The summed E-state index contributed by atoms with van der Waals surface area (Å²) in [5, 5.41) is 11.0. The average Bonchev–Trinajstić information content (AvgIpc) is 3.02. The summed E-state index contributed by atoms with van der Waals surface area (Å²) in [4.78, 5) is 29.5. The summed E-state index contributed by atoms with van der Waals surface area (Å²) >= 11 is 0. The van der Waals surface area contributed by atoms with E-state index in [1.807, 2.05) is 19.1 Å². The molecule has 1 atom stereocenters. The number of Topliss-reactive ketones (excluding diaryl/α,β-unsaturated/α-hetero) is 1. The predicted octanol–water partition coefficient (Wildman–Crippen LogP) is 4.29. The largest absolute Gasteiger partial charge is 0.507 e. The molecule has 0 aromatic heterocycles. The Morgan fingerprint density at radius 1 is 1.06 bits per heavy atom. The lowest BCUT2D eigenvalue weighted by molar-refractivity contribution is -0.140. The van der Waals surface area contributed by atoms with Crippen molar-refractivity contribution in [1.29, 1.82) is 0 Å². The molecule has 6 heteroatoms. The number of aliphatic hydroxyl groups excluding tert-OH is 1. The highest BCUT2D eigenvalue weighted by Crippen LogP contribution is 2.40. The van der Waals surface area contributed by atoms with Gasteiger partial charge in [-0.15, -0.1) is 0 Å². The molecule has 1 fully saturated rings. The molecule has 1 aliphatic heterocycles. The van der Waals surface area contributed by atoms with Gasteiger partial charge in [0.1, 0.15) is 11.6 Å². The summed E-state index contributed by atoms with van der Waals surface area (Å²) in [6.45, 7) is 8.88. The van der Waals surface area contributed by atoms with Gasteiger partial charge in [0.25, 0.3) is 11.7 Å². The van der Waals surface area contributed by atoms with E-state index < -0.39 is 23.5 Å². The number of ketones is 1. The number of aliphatic hydroxyl groups is 1. The number of benzene rings is 2. The van der Waals surface area contributed by atoms with Crippen LogP contribution < -0.4 is 0 Å². The topological polar surface area (TPSA) is 60.9 Å². The van der Waals surface area contributed by atoms with Crippen LogP contribution in [0.1, 0.15) is 43.0 Å². The van der Waals surface area contributed by atoms with Crippen molar-refractivity contribution >= 4 is 17.4 Å². The van der Waals surface area contributed by atoms with Gasteiger partial charge in [0.2, 0.25) is 0 Å². The molecular weight excluding hydrogens is 395 g/mol. The van der Waals surface area contributed by atoms with Crippen LogP contribution in [0.25, 0.3) is 5.76 Å². The summed E-state index contributed by atoms with van der Waals surface area (Å²) < 4.78 is 14.8. The van der Waals surface area contributed by atoms with Crippen LogP contribution in [-0.2, 0) is 9.59 Å². The van der Waals surface area contributed by atoms with Gasteiger partial charge in [-0.25, -0.2) is 4.39 Å². The summed E-state index contributed by atoms with van der Waals surface area (Å²) in [7, 11) is 0. The molecule has 1 saturated heterocycles. The highest BCUT2D eigenvalue weighted by Gasteiger charge is 2.46. The molecule has 1 N–H and O–H groups in total. The normalized spacial score (nSPS) is 18.2. The van der Waals surface area contributed by atoms with Gasteiger partial charge in [-0.1, -0.05) is 61.9 Å². The molecule has 2 aromatic rings. The number of halogens is 1. The molecule has 164 valence electrons. The van der Waals surface area contributed by atoms with Crippen molar-refractivity contribution in [3.8, 4) is 0 Å². The zero-order valence-corrected chi connectivity index (χ0v) is 18.3. The molecule has 3 rings (SSSR count). The third-order valence-electron chi connectivity index (χ3n) is 5.83. The van der Waals surface area contributed by atoms with Crippen LogP contribution >= 0.6 is 0 Å². The van der Waals surface area contributed by atoms with Crippen molar-refractivity contribution in [1.82, 2.24) is 9.80 Å². The minimum Gasteiger partial charge on any atom is -0.507 e. The van der Waals surface area contributed by atoms with E-state index >= 15 is 0 Å². The third-order valence-corrected chi connectivity index (χ3v) is 5.83. The molecule has 0 spiro atoms. The van der Waals surface area contributed by atoms with Gasteiger partial charge < -0.3 is 14.9 Å². The van der Waals surface area contributed by atoms with Crippen molar-refractivity contribution in [3.63, 3.8) is 0 Å². The Hall–Kier alpha value is -2.99. The van der Waals surface area contributed by atoms with E-state index in [0.29, 0.717) is 18.5 Å². The monoisotopic (exact) mass is 424 g/mol.